The zero-order valence-electron chi connectivity index (χ0n) is 79.3. The molecule has 0 aromatic carbocycles. The van der Waals surface area contributed by atoms with Crippen LogP contribution in [0.1, 0.15) is 172 Å². The molecule has 57 heteroatoms. The second kappa shape index (κ2) is 63.9. The summed E-state index contributed by atoms with van der Waals surface area (Å²) in [6.07, 6.45) is -3.20. The Hall–Kier alpha value is -12.5. The van der Waals surface area contributed by atoms with E-state index in [1.165, 1.54) is 55.4 Å². The van der Waals surface area contributed by atoms with E-state index in [9.17, 15) is 141 Å². The van der Waals surface area contributed by atoms with Gasteiger partial charge >= 0.3 is 23.9 Å². The van der Waals surface area contributed by atoms with E-state index in [-0.39, 0.29) is 76.9 Å². The van der Waals surface area contributed by atoms with Gasteiger partial charge in [0.2, 0.25) is 118 Å². The minimum atomic E-state index is -2.06. The summed E-state index contributed by atoms with van der Waals surface area (Å²) < 4.78 is 0. The Morgan fingerprint density at radius 2 is 0.727 bits per heavy atom. The van der Waals surface area contributed by atoms with Crippen LogP contribution >= 0.6 is 37.9 Å². The van der Waals surface area contributed by atoms with Crippen molar-refractivity contribution in [3.05, 3.63) is 0 Å². The van der Waals surface area contributed by atoms with Crippen LogP contribution in [-0.2, 0) is 115 Å². The minimum Gasteiger partial charge on any atom is -0.481 e. The lowest BCUT2D eigenvalue weighted by Gasteiger charge is -2.29. The number of amides is 20. The van der Waals surface area contributed by atoms with Crippen molar-refractivity contribution in [2.24, 2.45) is 46.6 Å². The third kappa shape index (κ3) is 46.7. The van der Waals surface area contributed by atoms with Crippen LogP contribution in [0.5, 0.6) is 0 Å². The van der Waals surface area contributed by atoms with Crippen molar-refractivity contribution in [1.82, 2.24) is 106 Å². The van der Waals surface area contributed by atoms with Gasteiger partial charge in [-0.3, -0.25) is 116 Å². The van der Waals surface area contributed by atoms with Gasteiger partial charge in [0.15, 0.2) is 5.96 Å². The number of hydrogen-bond donors (Lipinski definition) is 32. The number of primary amides is 1. The van der Waals surface area contributed by atoms with E-state index in [2.05, 4.69) is 139 Å². The number of nitrogens with one attached hydrogen (secondary N) is 20. The summed E-state index contributed by atoms with van der Waals surface area (Å²) in [4.78, 5) is 319. The molecule has 20 amide bonds. The number of aliphatic carboxylic acids is 4. The normalized spacial score (nSPS) is 15.9. The van der Waals surface area contributed by atoms with Crippen molar-refractivity contribution in [1.29, 1.82) is 5.41 Å². The number of rotatable bonds is 66. The van der Waals surface area contributed by atoms with Gasteiger partial charge in [-0.1, -0.05) is 55.4 Å². The smallest absolute Gasteiger partial charge is 0.326 e. The molecule has 0 radical (unpaired) electrons. The minimum absolute atomic E-state index is 0.00897. The number of unbranched alkanes of at least 4 members (excludes halogenated alkanes) is 1. The Balaban J connectivity index is 3.16. The summed E-state index contributed by atoms with van der Waals surface area (Å²) in [6.45, 7) is 13.4. The largest absolute Gasteiger partial charge is 0.481 e. The first-order chi connectivity index (χ1) is 65.0. The second-order valence-corrected chi connectivity index (χ2v) is 35.4. The van der Waals surface area contributed by atoms with E-state index in [4.69, 9.17) is 28.3 Å². The fraction of sp³-hybridized carbons (Fsp3) is 0.695. The number of aliphatic hydroxyl groups excluding tert-OH is 1. The van der Waals surface area contributed by atoms with Gasteiger partial charge in [-0.2, -0.15) is 37.9 Å². The SMILES string of the molecule is CC(C)C[C@H](N)C(=O)N[C@@H](CCC(=O)O)C(=O)N[C@H](C(=O)N[C@@H](CO)C(=O)N[C@H](C(=O)N[C@@H](CS)C(=O)N[C@@H](CC(=O)O)C(=O)N[C@@H](CS)C(=O)N[C@@H](CCC(=O)O)C(=O)NCC(=O)N[C@@H](C)C(=O)N[C@@H](C)C(=O)NCC(=O)N[C@H](C(=O)N[C@@H](CS)C(=O)N[C@@H](CCCNC(=N)N)C(=O)N[C@@H](CCCCN)C(=O)N[C@@H](C)C(=O)N[C@@H](CCC(N)=O)C(=O)N1CCC[C@H]1C(=O)O)C(C)C)C(C)C)C(C)C. The number of likely N-dealkylation sites (tertiary alicyclic amines) is 1. The lowest BCUT2D eigenvalue weighted by Crippen LogP contribution is -2.62. The molecule has 1 aliphatic rings. The maximum absolute atomic E-state index is 14.2. The predicted octanol–water partition coefficient (Wildman–Crippen LogP) is -10.9. The maximum Gasteiger partial charge on any atom is 0.326 e. The summed E-state index contributed by atoms with van der Waals surface area (Å²) in [5, 5.41) is 101. The molecule has 1 fully saturated rings. The van der Waals surface area contributed by atoms with E-state index in [1.54, 1.807) is 13.8 Å². The zero-order valence-corrected chi connectivity index (χ0v) is 82.0. The average Bonchev–Trinajstić information content (AvgIpc) is 1.79. The Bertz CT molecular complexity index is 4310. The number of carboxylic acid groups (broad SMARTS) is 4. The topological polar surface area (TPSA) is 871 Å². The summed E-state index contributed by atoms with van der Waals surface area (Å²) in [5.41, 5.74) is 22.5. The van der Waals surface area contributed by atoms with Crippen LogP contribution in [0.2, 0.25) is 0 Å². The van der Waals surface area contributed by atoms with Gasteiger partial charge in [0.1, 0.15) is 103 Å². The first-order valence-corrected chi connectivity index (χ1v) is 46.7. The number of guanidine groups is 1. The molecule has 139 heavy (non-hydrogen) atoms. The third-order valence-corrected chi connectivity index (χ3v) is 22.2. The highest BCUT2D eigenvalue weighted by Crippen LogP contribution is 2.21. The van der Waals surface area contributed by atoms with Gasteiger partial charge in [0, 0.05) is 49.6 Å². The van der Waals surface area contributed by atoms with Crippen LogP contribution in [0.4, 0.5) is 0 Å². The predicted molar refractivity (Wildman–Crippen MR) is 503 cm³/mol. The number of carboxylic acids is 4. The molecule has 33 N–H and O–H groups in total. The van der Waals surface area contributed by atoms with Gasteiger partial charge in [-0.25, -0.2) is 4.79 Å². The summed E-state index contributed by atoms with van der Waals surface area (Å²) >= 11 is 12.4. The van der Waals surface area contributed by atoms with Crippen LogP contribution < -0.4 is 124 Å². The van der Waals surface area contributed by atoms with Gasteiger partial charge in [-0.15, -0.1) is 0 Å². The summed E-state index contributed by atoms with van der Waals surface area (Å²) in [5.74, 6) is -30.6. The van der Waals surface area contributed by atoms with E-state index < -0.39 is 344 Å². The van der Waals surface area contributed by atoms with Crippen molar-refractivity contribution in [3.63, 3.8) is 0 Å². The van der Waals surface area contributed by atoms with Gasteiger partial charge in [0.25, 0.3) is 0 Å². The highest BCUT2D eigenvalue weighted by Gasteiger charge is 2.42. The molecule has 1 heterocycles. The molecular weight excluding hydrogens is 1900 g/mol. The number of carbonyl (C=O) groups is 24. The fourth-order valence-electron chi connectivity index (χ4n) is 13.3. The average molecular weight is 2040 g/mol. The van der Waals surface area contributed by atoms with Crippen molar-refractivity contribution in [2.45, 2.75) is 281 Å². The Labute approximate surface area is 818 Å². The molecule has 54 nitrogen and oxygen atoms in total. The first-order valence-electron chi connectivity index (χ1n) is 44.8. The van der Waals surface area contributed by atoms with Crippen LogP contribution in [0.3, 0.4) is 0 Å². The van der Waals surface area contributed by atoms with Crippen molar-refractivity contribution < 1.29 is 141 Å². The molecule has 1 rings (SSSR count). The van der Waals surface area contributed by atoms with Crippen molar-refractivity contribution in [3.8, 4) is 0 Å². The quantitative estimate of drug-likeness (QED) is 0.0116. The lowest BCUT2D eigenvalue weighted by atomic mass is 10.0. The Morgan fingerprint density at radius 1 is 0.374 bits per heavy atom. The molecule has 0 aromatic heterocycles. The first kappa shape index (κ1) is 124. The molecule has 0 aliphatic carbocycles. The summed E-state index contributed by atoms with van der Waals surface area (Å²) in [6, 6.07) is -27.7. The molecule has 0 unspecified atom stereocenters. The van der Waals surface area contributed by atoms with Gasteiger partial charge in [-0.05, 0) is 122 Å². The Kier molecular flexibility index (Phi) is 57.2. The molecule has 0 bridgehead atoms. The molecular formula is C82H139N25O29S3. The van der Waals surface area contributed by atoms with Gasteiger partial charge < -0.3 is 154 Å². The third-order valence-electron chi connectivity index (χ3n) is 21.1. The van der Waals surface area contributed by atoms with Gasteiger partial charge in [0.05, 0.1) is 32.2 Å². The molecule has 1 saturated heterocycles. The fourth-order valence-corrected chi connectivity index (χ4v) is 14.0. The number of nitrogens with two attached hydrogens (primary N) is 4. The van der Waals surface area contributed by atoms with Crippen molar-refractivity contribution >= 4 is 186 Å². The van der Waals surface area contributed by atoms with E-state index in [0.29, 0.717) is 12.8 Å². The number of thiol groups is 3. The molecule has 0 saturated carbocycles. The zero-order chi connectivity index (χ0) is 106. The van der Waals surface area contributed by atoms with E-state index in [0.717, 1.165) is 11.8 Å². The van der Waals surface area contributed by atoms with Crippen LogP contribution in [-0.4, -0.2) is 344 Å². The van der Waals surface area contributed by atoms with Crippen molar-refractivity contribution in [2.75, 3.05) is 56.6 Å². The maximum atomic E-state index is 14.2. The van der Waals surface area contributed by atoms with E-state index in [1.807, 2.05) is 0 Å². The Morgan fingerprint density at radius 3 is 1.17 bits per heavy atom. The molecule has 0 spiro atoms. The van der Waals surface area contributed by atoms with E-state index >= 15 is 0 Å². The number of carbonyl (C=O) groups excluding carboxylic acids is 20. The lowest BCUT2D eigenvalue weighted by molar-refractivity contribution is -0.149. The molecule has 18 atom stereocenters. The molecule has 1 aliphatic heterocycles. The molecule has 784 valence electrons. The second-order valence-electron chi connectivity index (χ2n) is 34.3. The highest BCUT2D eigenvalue weighted by atomic mass is 32.1. The van der Waals surface area contributed by atoms with Crippen LogP contribution in [0.15, 0.2) is 0 Å². The molecule has 0 aromatic rings. The monoisotopic (exact) mass is 2030 g/mol. The highest BCUT2D eigenvalue weighted by molar-refractivity contribution is 7.80. The standard InChI is InChI=1S/C82H139N25O29S3/c1-36(2)28-43(84)67(121)94-47(21-24-59(114)115)71(125)105-62(38(5)6)78(132)100-50(32-108)73(127)106-63(39(7)8)79(133)103-53(35-139)76(130)99-49(29-60(116)117)72(126)101-51(33-137)74(128)97-46(20-23-58(112)113)68(122)90-30-56(110)91-41(10)65(119)92-40(9)64(118)89-31-57(111)104-61(37(3)4)77(131)102-52(34-138)75(129)96-45(17-14-26-88-82(86)87)70(124)95-44(16-12-13-25-83)69(123)93-42(11)66(120)98-48(19-22-55(85)109)80(134)107-27-15-18-54(107)81(135)136/h36-54,61-63,108,137-139H,12-35,83-84H2,1-11H3,(H2,85,109)(H,89,118)(H,90,122)(H,91,110)(H,92,119)(H,93,123)(H,94,121)(H,95,124)(H,96,129)(H,97,128)(H,98,120)(H,99,130)(H,100,132)(H,101,126)(H,102,131)(H,103,133)(H,104,111)(H,105,125)(H,106,127)(H,112,113)(H,114,115)(H,116,117)(H,135,136)(H4,86,87,88)/t40-,41-,42-,43-,44-,45-,46-,47-,48-,49-,50-,51-,52-,53-,54-,61-,62-,63-/m0/s1. The number of hydrogen-bond acceptors (Lipinski definition) is 31. The van der Waals surface area contributed by atoms with Crippen LogP contribution in [0.25, 0.3) is 0 Å². The summed E-state index contributed by atoms with van der Waals surface area (Å²) in [7, 11) is 0. The number of aliphatic hydroxyl groups is 1. The number of nitrogens with zero attached hydrogens (tertiary/aromatic N) is 1. The van der Waals surface area contributed by atoms with Crippen LogP contribution in [0, 0.1) is 29.1 Å².